The van der Waals surface area contributed by atoms with Gasteiger partial charge in [0.1, 0.15) is 11.4 Å². The highest BCUT2D eigenvalue weighted by atomic mass is 32.2. The van der Waals surface area contributed by atoms with Gasteiger partial charge >= 0.3 is 5.97 Å². The zero-order valence-corrected chi connectivity index (χ0v) is 19.7. The van der Waals surface area contributed by atoms with Crippen LogP contribution in [0.5, 0.6) is 0 Å². The van der Waals surface area contributed by atoms with Gasteiger partial charge < -0.3 is 20.8 Å². The molecule has 1 aromatic heterocycles. The second kappa shape index (κ2) is 11.4. The van der Waals surface area contributed by atoms with Crippen molar-refractivity contribution < 1.29 is 23.4 Å². The number of carboxylic acids is 1. The summed E-state index contributed by atoms with van der Waals surface area (Å²) in [6.07, 6.45) is 2.30. The third-order valence-electron chi connectivity index (χ3n) is 4.55. The number of rotatable bonds is 8. The van der Waals surface area contributed by atoms with Crippen LogP contribution in [0.3, 0.4) is 0 Å². The summed E-state index contributed by atoms with van der Waals surface area (Å²) in [5, 5.41) is 25.2. The van der Waals surface area contributed by atoms with Crippen LogP contribution in [0.25, 0.3) is 0 Å². The summed E-state index contributed by atoms with van der Waals surface area (Å²) in [4.78, 5) is 20.1. The first-order valence-electron chi connectivity index (χ1n) is 10.3. The maximum Gasteiger partial charge on any atom is 0.341 e. The number of aromatic nitrogens is 2. The Hall–Kier alpha value is -3.50. The normalized spacial score (nSPS) is 11.7. The first-order valence-corrected chi connectivity index (χ1v) is 12.2. The number of aryl methyl sites for hydroxylation is 1. The molecule has 4 N–H and O–H groups in total. The Morgan fingerprint density at radius 3 is 2.33 bits per heavy atom. The van der Waals surface area contributed by atoms with Gasteiger partial charge in [-0.3, -0.25) is 0 Å². The number of sulfone groups is 1. The van der Waals surface area contributed by atoms with Crippen molar-refractivity contribution in [3.8, 4) is 0 Å². The molecule has 0 aliphatic heterocycles. The van der Waals surface area contributed by atoms with Crippen molar-refractivity contribution in [3.63, 3.8) is 0 Å². The molecule has 0 fully saturated rings. The maximum atomic E-state index is 11.8. The Labute approximate surface area is 193 Å². The Balaban J connectivity index is 0.00000187. The van der Waals surface area contributed by atoms with Crippen LogP contribution in [0.15, 0.2) is 59.6 Å². The lowest BCUT2D eigenvalue weighted by atomic mass is 10.1. The summed E-state index contributed by atoms with van der Waals surface area (Å²) in [7, 11) is -3.35. The van der Waals surface area contributed by atoms with Crippen LogP contribution >= 0.6 is 0 Å². The zero-order valence-electron chi connectivity index (χ0n) is 18.9. The van der Waals surface area contributed by atoms with E-state index in [1.165, 1.54) is 6.07 Å². The van der Waals surface area contributed by atoms with Crippen LogP contribution in [0.1, 0.15) is 41.4 Å². The van der Waals surface area contributed by atoms with E-state index < -0.39 is 21.8 Å². The highest BCUT2D eigenvalue weighted by Crippen LogP contribution is 2.25. The van der Waals surface area contributed by atoms with Crippen LogP contribution in [0.2, 0.25) is 0 Å². The monoisotopic (exact) mass is 472 g/mol. The van der Waals surface area contributed by atoms with Gasteiger partial charge in [-0.1, -0.05) is 44.2 Å². The molecule has 0 radical (unpaired) electrons. The van der Waals surface area contributed by atoms with Crippen molar-refractivity contribution in [2.75, 3.05) is 23.5 Å². The quantitative estimate of drug-likeness (QED) is 0.385. The van der Waals surface area contributed by atoms with Crippen molar-refractivity contribution in [1.82, 2.24) is 9.97 Å². The van der Waals surface area contributed by atoms with Gasteiger partial charge in [0.25, 0.3) is 0 Å². The van der Waals surface area contributed by atoms with E-state index in [1.54, 1.807) is 31.2 Å². The topological polar surface area (TPSA) is 142 Å². The molecule has 0 aliphatic carbocycles. The van der Waals surface area contributed by atoms with Crippen molar-refractivity contribution >= 4 is 33.3 Å². The first-order chi connectivity index (χ1) is 15.7. The Bertz CT molecular complexity index is 1200. The third kappa shape index (κ3) is 6.74. The molecule has 2 aromatic carbocycles. The molecule has 0 aliphatic rings. The van der Waals surface area contributed by atoms with Gasteiger partial charge in [-0.15, -0.1) is 0 Å². The fourth-order valence-corrected chi connectivity index (χ4v) is 4.02. The van der Waals surface area contributed by atoms with Crippen LogP contribution in [-0.4, -0.2) is 47.4 Å². The molecular formula is C23H28N4O5S. The van der Waals surface area contributed by atoms with Crippen molar-refractivity contribution in [1.29, 1.82) is 0 Å². The number of hydrogen-bond acceptors (Lipinski definition) is 8. The maximum absolute atomic E-state index is 11.8. The number of benzene rings is 2. The van der Waals surface area contributed by atoms with Gasteiger partial charge in [0.05, 0.1) is 17.5 Å². The molecule has 3 rings (SSSR count). The number of aliphatic hydroxyl groups is 1. The summed E-state index contributed by atoms with van der Waals surface area (Å²) in [5.74, 6) is -1.06. The fourth-order valence-electron chi connectivity index (χ4n) is 3.07. The SMILES string of the molecule is CC.Cc1cc(Nc2ncc(C(=O)O)c(NC(CO)c3ccccc3)n2)ccc1S(C)(=O)=O. The molecule has 0 saturated heterocycles. The second-order valence-corrected chi connectivity index (χ2v) is 8.91. The molecule has 33 heavy (non-hydrogen) atoms. The second-order valence-electron chi connectivity index (χ2n) is 6.93. The van der Waals surface area contributed by atoms with E-state index in [1.807, 2.05) is 32.0 Å². The van der Waals surface area contributed by atoms with E-state index in [2.05, 4.69) is 20.6 Å². The molecule has 0 bridgehead atoms. The van der Waals surface area contributed by atoms with E-state index in [9.17, 15) is 23.4 Å². The molecule has 1 unspecified atom stereocenters. The summed E-state index contributed by atoms with van der Waals surface area (Å²) in [5.41, 5.74) is 1.71. The largest absolute Gasteiger partial charge is 0.477 e. The van der Waals surface area contributed by atoms with Crippen molar-refractivity contribution in [3.05, 3.63) is 71.4 Å². The zero-order chi connectivity index (χ0) is 24.6. The number of nitrogens with zero attached hydrogens (tertiary/aromatic N) is 2. The molecule has 1 heterocycles. The highest BCUT2D eigenvalue weighted by molar-refractivity contribution is 7.90. The Morgan fingerprint density at radius 1 is 1.12 bits per heavy atom. The molecule has 176 valence electrons. The molecule has 0 amide bonds. The smallest absolute Gasteiger partial charge is 0.341 e. The number of carbonyl (C=O) groups is 1. The van der Waals surface area contributed by atoms with Gasteiger partial charge in [0, 0.05) is 18.1 Å². The molecule has 0 spiro atoms. The van der Waals surface area contributed by atoms with Crippen LogP contribution in [0, 0.1) is 6.92 Å². The highest BCUT2D eigenvalue weighted by Gasteiger charge is 2.19. The average molecular weight is 473 g/mol. The van der Waals surface area contributed by atoms with Gasteiger partial charge in [-0.05, 0) is 36.2 Å². The van der Waals surface area contributed by atoms with Gasteiger partial charge in [0.15, 0.2) is 9.84 Å². The first kappa shape index (κ1) is 25.8. The average Bonchev–Trinajstić information content (AvgIpc) is 2.78. The standard InChI is InChI=1S/C21H22N4O5S.C2H6/c1-13-10-15(8-9-18(13)31(2,29)30)23-21-22-11-16(20(27)28)19(25-21)24-17(12-26)14-6-4-3-5-7-14;1-2/h3-11,17,26H,12H2,1-2H3,(H,27,28)(H2,22,23,24,25);1-2H3. The predicted octanol–water partition coefficient (Wildman–Crippen LogP) is 3.80. The van der Waals surface area contributed by atoms with E-state index in [-0.39, 0.29) is 28.8 Å². The fraction of sp³-hybridized carbons (Fsp3) is 0.261. The van der Waals surface area contributed by atoms with Gasteiger partial charge in [-0.25, -0.2) is 18.2 Å². The molecule has 10 heteroatoms. The molecule has 0 saturated carbocycles. The summed E-state index contributed by atoms with van der Waals surface area (Å²) < 4.78 is 23.6. The van der Waals surface area contributed by atoms with Crippen molar-refractivity contribution in [2.24, 2.45) is 0 Å². The molecule has 1 atom stereocenters. The number of nitrogens with one attached hydrogen (secondary N) is 2. The van der Waals surface area contributed by atoms with Crippen LogP contribution in [-0.2, 0) is 9.84 Å². The lowest BCUT2D eigenvalue weighted by molar-refractivity contribution is 0.0697. The molecule has 9 nitrogen and oxygen atoms in total. The Morgan fingerprint density at radius 2 is 1.79 bits per heavy atom. The van der Waals surface area contributed by atoms with Crippen molar-refractivity contribution in [2.45, 2.75) is 31.7 Å². The lowest BCUT2D eigenvalue weighted by Gasteiger charge is -2.19. The summed E-state index contributed by atoms with van der Waals surface area (Å²) in [6, 6.07) is 13.2. The number of hydrogen-bond donors (Lipinski definition) is 4. The minimum atomic E-state index is -3.35. The summed E-state index contributed by atoms with van der Waals surface area (Å²) >= 11 is 0. The number of aliphatic hydroxyl groups excluding tert-OH is 1. The number of aromatic carboxylic acids is 1. The van der Waals surface area contributed by atoms with E-state index in [4.69, 9.17) is 0 Å². The van der Waals surface area contributed by atoms with E-state index in [0.717, 1.165) is 18.0 Å². The number of anilines is 3. The third-order valence-corrected chi connectivity index (χ3v) is 5.80. The van der Waals surface area contributed by atoms with Gasteiger partial charge in [0.2, 0.25) is 5.95 Å². The molecular weight excluding hydrogens is 444 g/mol. The van der Waals surface area contributed by atoms with Gasteiger partial charge in [-0.2, -0.15) is 4.98 Å². The van der Waals surface area contributed by atoms with Crippen LogP contribution < -0.4 is 10.6 Å². The van der Waals surface area contributed by atoms with Crippen LogP contribution in [0.4, 0.5) is 17.5 Å². The minimum Gasteiger partial charge on any atom is -0.477 e. The summed E-state index contributed by atoms with van der Waals surface area (Å²) in [6.45, 7) is 5.40. The minimum absolute atomic E-state index is 0.0392. The number of carboxylic acid groups (broad SMARTS) is 1. The van der Waals surface area contributed by atoms with E-state index >= 15 is 0 Å². The lowest BCUT2D eigenvalue weighted by Crippen LogP contribution is -2.18. The Kier molecular flexibility index (Phi) is 8.89. The predicted molar refractivity (Wildman–Crippen MR) is 128 cm³/mol. The molecule has 3 aromatic rings. The van der Waals surface area contributed by atoms with E-state index in [0.29, 0.717) is 11.3 Å².